The number of aliphatic hydroxyl groups is 1. The van der Waals surface area contributed by atoms with Crippen LogP contribution in [-0.2, 0) is 10.0 Å². The van der Waals surface area contributed by atoms with Crippen molar-refractivity contribution in [3.05, 3.63) is 41.2 Å². The van der Waals surface area contributed by atoms with Crippen LogP contribution in [-0.4, -0.2) is 18.5 Å². The summed E-state index contributed by atoms with van der Waals surface area (Å²) in [5, 5.41) is 11.0. The number of anilines is 1. The number of benzene rings is 1. The highest BCUT2D eigenvalue weighted by atomic mass is 32.2. The topological polar surface area (TPSA) is 79.3 Å². The summed E-state index contributed by atoms with van der Waals surface area (Å²) >= 11 is 1.05. The van der Waals surface area contributed by atoms with E-state index in [0.717, 1.165) is 23.5 Å². The van der Waals surface area contributed by atoms with Crippen molar-refractivity contribution in [1.82, 2.24) is 4.98 Å². The molecule has 0 bridgehead atoms. The number of hydrogen-bond acceptors (Lipinski definition) is 5. The highest BCUT2D eigenvalue weighted by Gasteiger charge is 2.17. The predicted molar refractivity (Wildman–Crippen MR) is 70.0 cm³/mol. The van der Waals surface area contributed by atoms with Gasteiger partial charge in [0.1, 0.15) is 5.82 Å². The van der Waals surface area contributed by atoms with Gasteiger partial charge in [-0.1, -0.05) is 6.07 Å². The van der Waals surface area contributed by atoms with E-state index in [1.54, 1.807) is 5.38 Å². The van der Waals surface area contributed by atoms with E-state index < -0.39 is 21.9 Å². The van der Waals surface area contributed by atoms with Gasteiger partial charge < -0.3 is 5.11 Å². The molecular weight excluding hydrogens is 291 g/mol. The first kappa shape index (κ1) is 13.9. The van der Waals surface area contributed by atoms with Crippen molar-refractivity contribution >= 4 is 26.5 Å². The number of hydrogen-bond donors (Lipinski definition) is 2. The van der Waals surface area contributed by atoms with Crippen LogP contribution in [0.15, 0.2) is 34.5 Å². The molecule has 2 aromatic rings. The number of aromatic nitrogens is 1. The second-order valence-electron chi connectivity index (χ2n) is 3.82. The van der Waals surface area contributed by atoms with Crippen LogP contribution in [0.25, 0.3) is 0 Å². The molecule has 102 valence electrons. The summed E-state index contributed by atoms with van der Waals surface area (Å²) in [5.74, 6) is -0.633. The molecule has 1 aromatic heterocycles. The Morgan fingerprint density at radius 1 is 1.47 bits per heavy atom. The van der Waals surface area contributed by atoms with Gasteiger partial charge in [0.25, 0.3) is 10.0 Å². The average molecular weight is 302 g/mol. The monoisotopic (exact) mass is 302 g/mol. The molecule has 1 atom stereocenters. The van der Waals surface area contributed by atoms with Gasteiger partial charge in [-0.05, 0) is 25.1 Å². The largest absolute Gasteiger partial charge is 0.387 e. The third-order valence-corrected chi connectivity index (χ3v) is 4.52. The molecule has 0 radical (unpaired) electrons. The number of sulfonamides is 1. The Hall–Kier alpha value is -1.51. The number of aliphatic hydroxyl groups excluding tert-OH is 1. The molecule has 2 rings (SSSR count). The van der Waals surface area contributed by atoms with Gasteiger partial charge in [0.15, 0.2) is 5.13 Å². The molecule has 8 heteroatoms. The standard InChI is InChI=1S/C11H11FN2O3S2/c1-7(15)10-6-18-11(13-10)14-19(16,17)9-4-2-3-8(12)5-9/h2-7,15H,1H3,(H,13,14). The molecule has 19 heavy (non-hydrogen) atoms. The normalized spacial score (nSPS) is 13.2. The Balaban J connectivity index is 2.26. The molecule has 0 saturated carbocycles. The zero-order valence-corrected chi connectivity index (χ0v) is 11.5. The molecule has 2 N–H and O–H groups in total. The van der Waals surface area contributed by atoms with Gasteiger partial charge in [-0.2, -0.15) is 0 Å². The van der Waals surface area contributed by atoms with Gasteiger partial charge in [-0.25, -0.2) is 17.8 Å². The Bertz CT molecular complexity index is 683. The Kier molecular flexibility index (Phi) is 3.83. The summed E-state index contributed by atoms with van der Waals surface area (Å²) in [6.07, 6.45) is -0.774. The first-order valence-corrected chi connectivity index (χ1v) is 7.66. The number of halogens is 1. The van der Waals surface area contributed by atoms with Crippen LogP contribution in [0.2, 0.25) is 0 Å². The quantitative estimate of drug-likeness (QED) is 0.907. The molecule has 0 aliphatic carbocycles. The van der Waals surface area contributed by atoms with Crippen LogP contribution in [0.5, 0.6) is 0 Å². The van der Waals surface area contributed by atoms with Crippen molar-refractivity contribution in [2.24, 2.45) is 0 Å². The highest BCUT2D eigenvalue weighted by Crippen LogP contribution is 2.23. The van der Waals surface area contributed by atoms with Gasteiger partial charge >= 0.3 is 0 Å². The molecule has 1 heterocycles. The maximum absolute atomic E-state index is 13.0. The second-order valence-corrected chi connectivity index (χ2v) is 6.36. The van der Waals surface area contributed by atoms with Gasteiger partial charge in [-0.15, -0.1) is 11.3 Å². The smallest absolute Gasteiger partial charge is 0.263 e. The Morgan fingerprint density at radius 2 is 2.21 bits per heavy atom. The molecular formula is C11H11FN2O3S2. The molecule has 0 aliphatic heterocycles. The molecule has 0 amide bonds. The van der Waals surface area contributed by atoms with Crippen LogP contribution < -0.4 is 4.72 Å². The predicted octanol–water partition coefficient (Wildman–Crippen LogP) is 2.14. The summed E-state index contributed by atoms with van der Waals surface area (Å²) in [6, 6.07) is 4.68. The van der Waals surface area contributed by atoms with Gasteiger partial charge in [0, 0.05) is 5.38 Å². The van der Waals surface area contributed by atoms with Crippen molar-refractivity contribution in [2.45, 2.75) is 17.9 Å². The van der Waals surface area contributed by atoms with Crippen LogP contribution >= 0.6 is 11.3 Å². The number of nitrogens with zero attached hydrogens (tertiary/aromatic N) is 1. The fourth-order valence-electron chi connectivity index (χ4n) is 1.33. The fraction of sp³-hybridized carbons (Fsp3) is 0.182. The summed E-state index contributed by atoms with van der Waals surface area (Å²) in [6.45, 7) is 1.53. The van der Waals surface area contributed by atoms with E-state index in [1.165, 1.54) is 19.1 Å². The van der Waals surface area contributed by atoms with Crippen LogP contribution in [0.4, 0.5) is 9.52 Å². The summed E-state index contributed by atoms with van der Waals surface area (Å²) in [5.41, 5.74) is 0.377. The summed E-state index contributed by atoms with van der Waals surface area (Å²) in [4.78, 5) is 3.75. The minimum absolute atomic E-state index is 0.125. The van der Waals surface area contributed by atoms with Crippen molar-refractivity contribution in [3.63, 3.8) is 0 Å². The van der Waals surface area contributed by atoms with Crippen molar-refractivity contribution in [2.75, 3.05) is 4.72 Å². The molecule has 5 nitrogen and oxygen atoms in total. The lowest BCUT2D eigenvalue weighted by Gasteiger charge is -2.05. The number of thiazole rings is 1. The van der Waals surface area contributed by atoms with Crippen molar-refractivity contribution < 1.29 is 17.9 Å². The second kappa shape index (κ2) is 5.24. The van der Waals surface area contributed by atoms with Gasteiger partial charge in [0.2, 0.25) is 0 Å². The number of rotatable bonds is 4. The third kappa shape index (κ3) is 3.28. The average Bonchev–Trinajstić information content (AvgIpc) is 2.77. The summed E-state index contributed by atoms with van der Waals surface area (Å²) in [7, 11) is -3.87. The molecule has 0 saturated heterocycles. The van der Waals surface area contributed by atoms with Crippen LogP contribution in [0.3, 0.4) is 0 Å². The van der Waals surface area contributed by atoms with E-state index >= 15 is 0 Å². The molecule has 1 unspecified atom stereocenters. The minimum Gasteiger partial charge on any atom is -0.387 e. The van der Waals surface area contributed by atoms with Crippen LogP contribution in [0.1, 0.15) is 18.7 Å². The minimum atomic E-state index is -3.87. The Labute approximate surface area is 113 Å². The lowest BCUT2D eigenvalue weighted by atomic mass is 10.3. The zero-order chi connectivity index (χ0) is 14.0. The van der Waals surface area contributed by atoms with Crippen molar-refractivity contribution in [1.29, 1.82) is 0 Å². The molecule has 0 fully saturated rings. The van der Waals surface area contributed by atoms with Gasteiger partial charge in [-0.3, -0.25) is 4.72 Å². The first-order chi connectivity index (χ1) is 8.88. The fourth-order valence-corrected chi connectivity index (χ4v) is 3.41. The lowest BCUT2D eigenvalue weighted by molar-refractivity contribution is 0.195. The summed E-state index contributed by atoms with van der Waals surface area (Å²) < 4.78 is 39.2. The molecule has 0 aliphatic rings. The van der Waals surface area contributed by atoms with Crippen molar-refractivity contribution in [3.8, 4) is 0 Å². The number of nitrogens with one attached hydrogen (secondary N) is 1. The SMILES string of the molecule is CC(O)c1csc(NS(=O)(=O)c2cccc(F)c2)n1. The van der Waals surface area contributed by atoms with E-state index in [9.17, 15) is 17.9 Å². The van der Waals surface area contributed by atoms with E-state index in [-0.39, 0.29) is 10.0 Å². The van der Waals surface area contributed by atoms with E-state index in [2.05, 4.69) is 9.71 Å². The van der Waals surface area contributed by atoms with E-state index in [1.807, 2.05) is 0 Å². The zero-order valence-electron chi connectivity index (χ0n) is 9.87. The highest BCUT2D eigenvalue weighted by molar-refractivity contribution is 7.93. The maximum atomic E-state index is 13.0. The van der Waals surface area contributed by atoms with E-state index in [4.69, 9.17) is 0 Å². The molecule has 0 spiro atoms. The maximum Gasteiger partial charge on any atom is 0.263 e. The first-order valence-electron chi connectivity index (χ1n) is 5.30. The van der Waals surface area contributed by atoms with E-state index in [0.29, 0.717) is 5.69 Å². The third-order valence-electron chi connectivity index (χ3n) is 2.28. The lowest BCUT2D eigenvalue weighted by Crippen LogP contribution is -2.13. The van der Waals surface area contributed by atoms with Gasteiger partial charge in [0.05, 0.1) is 16.7 Å². The molecule has 1 aromatic carbocycles. The van der Waals surface area contributed by atoms with Crippen LogP contribution in [0, 0.1) is 5.82 Å². The Morgan fingerprint density at radius 3 is 2.79 bits per heavy atom.